The van der Waals surface area contributed by atoms with Crippen LogP contribution in [0.4, 0.5) is 0 Å². The number of thiazole rings is 1. The van der Waals surface area contributed by atoms with E-state index in [4.69, 9.17) is 4.98 Å². The van der Waals surface area contributed by atoms with E-state index in [-0.39, 0.29) is 0 Å². The largest absolute Gasteiger partial charge is 0.265 e. The molecule has 0 N–H and O–H groups in total. The molecule has 16 heavy (non-hydrogen) atoms. The quantitative estimate of drug-likeness (QED) is 0.839. The first kappa shape index (κ1) is 11.6. The lowest BCUT2D eigenvalue weighted by molar-refractivity contribution is 0.825. The molecule has 2 rings (SSSR count). The third kappa shape index (κ3) is 2.28. The van der Waals surface area contributed by atoms with Crippen molar-refractivity contribution < 1.29 is 0 Å². The van der Waals surface area contributed by atoms with Crippen LogP contribution in [0.3, 0.4) is 0 Å². The van der Waals surface area contributed by atoms with Gasteiger partial charge in [-0.15, -0.1) is 11.3 Å². The Balaban J connectivity index is 2.44. The van der Waals surface area contributed by atoms with E-state index in [1.807, 2.05) is 12.1 Å². The topological polar surface area (TPSA) is 25.8 Å². The van der Waals surface area contributed by atoms with Crippen molar-refractivity contribution in [2.45, 2.75) is 25.5 Å². The van der Waals surface area contributed by atoms with Crippen LogP contribution in [0.1, 0.15) is 30.3 Å². The summed E-state index contributed by atoms with van der Waals surface area (Å²) >= 11 is 6.08. The summed E-state index contributed by atoms with van der Waals surface area (Å²) < 4.78 is 0. The molecule has 0 saturated carbocycles. The summed E-state index contributed by atoms with van der Waals surface area (Å²) in [5, 5.41) is 1.06. The number of aromatic nitrogens is 2. The van der Waals surface area contributed by atoms with Gasteiger partial charge in [0.25, 0.3) is 0 Å². The van der Waals surface area contributed by atoms with Gasteiger partial charge in [-0.25, -0.2) is 4.98 Å². The zero-order valence-electron chi connectivity index (χ0n) is 9.34. The number of hydrogen-bond donors (Lipinski definition) is 1. The highest BCUT2D eigenvalue weighted by atomic mass is 32.1. The first-order valence-electron chi connectivity index (χ1n) is 5.23. The molecule has 0 aliphatic heterocycles. The van der Waals surface area contributed by atoms with Crippen LogP contribution in [0.2, 0.25) is 0 Å². The molecule has 0 saturated heterocycles. The molecule has 2 aromatic heterocycles. The zero-order chi connectivity index (χ0) is 11.5. The SMILES string of the molecule is CC(C)c1nc(-c2ccncc2)sc1CS. The average Bonchev–Trinajstić information content (AvgIpc) is 2.74. The van der Waals surface area contributed by atoms with E-state index in [0.29, 0.717) is 5.92 Å². The molecule has 2 aromatic rings. The van der Waals surface area contributed by atoms with Crippen molar-refractivity contribution in [3.05, 3.63) is 35.1 Å². The van der Waals surface area contributed by atoms with Crippen molar-refractivity contribution in [2.75, 3.05) is 0 Å². The van der Waals surface area contributed by atoms with Crippen molar-refractivity contribution in [1.82, 2.24) is 9.97 Å². The molecular formula is C12H14N2S2. The minimum absolute atomic E-state index is 0.453. The fraction of sp³-hybridized carbons (Fsp3) is 0.333. The Bertz CT molecular complexity index is 463. The van der Waals surface area contributed by atoms with Crippen LogP contribution in [0.15, 0.2) is 24.5 Å². The van der Waals surface area contributed by atoms with Gasteiger partial charge in [-0.1, -0.05) is 13.8 Å². The summed E-state index contributed by atoms with van der Waals surface area (Å²) in [4.78, 5) is 9.98. The highest BCUT2D eigenvalue weighted by Crippen LogP contribution is 2.32. The Labute approximate surface area is 105 Å². The first-order chi connectivity index (χ1) is 7.72. The van der Waals surface area contributed by atoms with Gasteiger partial charge < -0.3 is 0 Å². The molecule has 84 valence electrons. The molecule has 2 nitrogen and oxygen atoms in total. The van der Waals surface area contributed by atoms with Gasteiger partial charge in [0.2, 0.25) is 0 Å². The van der Waals surface area contributed by atoms with E-state index in [1.54, 1.807) is 23.7 Å². The second-order valence-electron chi connectivity index (χ2n) is 3.88. The maximum absolute atomic E-state index is 4.69. The van der Waals surface area contributed by atoms with Crippen LogP contribution in [-0.4, -0.2) is 9.97 Å². The minimum Gasteiger partial charge on any atom is -0.265 e. The average molecular weight is 250 g/mol. The van der Waals surface area contributed by atoms with Crippen LogP contribution < -0.4 is 0 Å². The van der Waals surface area contributed by atoms with Gasteiger partial charge in [0.05, 0.1) is 5.69 Å². The molecule has 0 fully saturated rings. The maximum Gasteiger partial charge on any atom is 0.124 e. The Morgan fingerprint density at radius 3 is 2.50 bits per heavy atom. The molecule has 0 unspecified atom stereocenters. The Hall–Kier alpha value is -0.870. The second kappa shape index (κ2) is 4.97. The van der Waals surface area contributed by atoms with Crippen LogP contribution in [-0.2, 0) is 5.75 Å². The first-order valence-corrected chi connectivity index (χ1v) is 6.68. The third-order valence-corrected chi connectivity index (χ3v) is 4.00. The van der Waals surface area contributed by atoms with Crippen molar-refractivity contribution in [3.8, 4) is 10.6 Å². The summed E-state index contributed by atoms with van der Waals surface area (Å²) in [7, 11) is 0. The molecule has 0 radical (unpaired) electrons. The maximum atomic E-state index is 4.69. The molecule has 0 aliphatic carbocycles. The van der Waals surface area contributed by atoms with Crippen molar-refractivity contribution >= 4 is 24.0 Å². The fourth-order valence-electron chi connectivity index (χ4n) is 1.55. The molecular weight excluding hydrogens is 236 g/mol. The van der Waals surface area contributed by atoms with Crippen molar-refractivity contribution in [3.63, 3.8) is 0 Å². The molecule has 4 heteroatoms. The number of rotatable bonds is 3. The van der Waals surface area contributed by atoms with E-state index in [2.05, 4.69) is 31.5 Å². The zero-order valence-corrected chi connectivity index (χ0v) is 11.1. The van der Waals surface area contributed by atoms with Gasteiger partial charge in [0, 0.05) is 28.6 Å². The van der Waals surface area contributed by atoms with Crippen LogP contribution in [0.5, 0.6) is 0 Å². The van der Waals surface area contributed by atoms with Crippen LogP contribution in [0.25, 0.3) is 10.6 Å². The van der Waals surface area contributed by atoms with Gasteiger partial charge in [-0.05, 0) is 18.1 Å². The Kier molecular flexibility index (Phi) is 3.61. The van der Waals surface area contributed by atoms with E-state index >= 15 is 0 Å². The lowest BCUT2D eigenvalue weighted by atomic mass is 10.1. The monoisotopic (exact) mass is 250 g/mol. The minimum atomic E-state index is 0.453. The van der Waals surface area contributed by atoms with Gasteiger partial charge in [-0.2, -0.15) is 12.6 Å². The second-order valence-corrected chi connectivity index (χ2v) is 5.28. The summed E-state index contributed by atoms with van der Waals surface area (Å²) in [5.41, 5.74) is 2.31. The lowest BCUT2D eigenvalue weighted by Gasteiger charge is -2.01. The molecule has 0 amide bonds. The fourth-order valence-corrected chi connectivity index (χ4v) is 2.98. The normalized spacial score (nSPS) is 11.0. The van der Waals surface area contributed by atoms with E-state index < -0.39 is 0 Å². The van der Waals surface area contributed by atoms with Gasteiger partial charge in [0.1, 0.15) is 5.01 Å². The summed E-state index contributed by atoms with van der Waals surface area (Å²) in [5.74, 6) is 1.21. The highest BCUT2D eigenvalue weighted by molar-refractivity contribution is 7.79. The van der Waals surface area contributed by atoms with Gasteiger partial charge >= 0.3 is 0 Å². The molecule has 0 bridgehead atoms. The summed E-state index contributed by atoms with van der Waals surface area (Å²) in [6.45, 7) is 4.33. The molecule has 0 aliphatic rings. The molecule has 2 heterocycles. The number of nitrogens with zero attached hydrogens (tertiary/aromatic N) is 2. The third-order valence-electron chi connectivity index (χ3n) is 2.35. The van der Waals surface area contributed by atoms with Crippen LogP contribution >= 0.6 is 24.0 Å². The number of hydrogen-bond acceptors (Lipinski definition) is 4. The van der Waals surface area contributed by atoms with Crippen molar-refractivity contribution in [2.24, 2.45) is 0 Å². The molecule has 0 atom stereocenters. The Morgan fingerprint density at radius 2 is 2.00 bits per heavy atom. The summed E-state index contributed by atoms with van der Waals surface area (Å²) in [6, 6.07) is 3.98. The van der Waals surface area contributed by atoms with E-state index in [0.717, 1.165) is 16.3 Å². The number of pyridine rings is 1. The summed E-state index contributed by atoms with van der Waals surface area (Å²) in [6.07, 6.45) is 3.60. The van der Waals surface area contributed by atoms with Crippen molar-refractivity contribution in [1.29, 1.82) is 0 Å². The predicted octanol–water partition coefficient (Wildman–Crippen LogP) is 3.76. The Morgan fingerprint density at radius 1 is 1.31 bits per heavy atom. The highest BCUT2D eigenvalue weighted by Gasteiger charge is 2.13. The van der Waals surface area contributed by atoms with Gasteiger partial charge in [-0.3, -0.25) is 4.98 Å². The lowest BCUT2D eigenvalue weighted by Crippen LogP contribution is -1.91. The van der Waals surface area contributed by atoms with E-state index in [9.17, 15) is 0 Å². The van der Waals surface area contributed by atoms with Gasteiger partial charge in [0.15, 0.2) is 0 Å². The standard InChI is InChI=1S/C12H14N2S2/c1-8(2)11-10(7-15)16-12(14-11)9-3-5-13-6-4-9/h3-6,8,15H,7H2,1-2H3. The molecule has 0 spiro atoms. The number of thiol groups is 1. The smallest absolute Gasteiger partial charge is 0.124 e. The van der Waals surface area contributed by atoms with Crippen LogP contribution in [0, 0.1) is 0 Å². The van der Waals surface area contributed by atoms with E-state index in [1.165, 1.54) is 10.6 Å². The predicted molar refractivity (Wildman–Crippen MR) is 72.1 cm³/mol. The molecule has 0 aromatic carbocycles.